The molecule has 0 spiro atoms. The van der Waals surface area contributed by atoms with Crippen LogP contribution >= 0.6 is 11.3 Å². The van der Waals surface area contributed by atoms with Crippen molar-refractivity contribution in [2.24, 2.45) is 7.05 Å². The lowest BCUT2D eigenvalue weighted by Crippen LogP contribution is -1.99. The molecule has 0 amide bonds. The summed E-state index contributed by atoms with van der Waals surface area (Å²) in [4.78, 5) is 12.8. The first-order chi connectivity index (χ1) is 13.5. The first-order valence-corrected chi connectivity index (χ1v) is 9.59. The Morgan fingerprint density at radius 3 is 2.75 bits per heavy atom. The first kappa shape index (κ1) is 16.6. The summed E-state index contributed by atoms with van der Waals surface area (Å²) < 4.78 is 7.80. The summed E-state index contributed by atoms with van der Waals surface area (Å²) in [7, 11) is 1.99. The van der Waals surface area contributed by atoms with E-state index in [2.05, 4.69) is 9.95 Å². The number of carbonyl (C=O) groups is 1. The molecule has 0 unspecified atom stereocenters. The number of hydrogen-bond acceptors (Lipinski definition) is 5. The molecule has 2 N–H and O–H groups in total. The molecule has 4 aromatic rings. The van der Waals surface area contributed by atoms with Crippen molar-refractivity contribution in [3.8, 4) is 28.5 Å². The Morgan fingerprint density at radius 1 is 1.14 bits per heavy atom. The molecule has 5 nitrogen and oxygen atoms in total. The minimum Gasteiger partial charge on any atom is -0.508 e. The zero-order valence-electron chi connectivity index (χ0n) is 14.8. The molecular formula is C22H15NO4S. The summed E-state index contributed by atoms with van der Waals surface area (Å²) in [5, 5.41) is 24.8. The van der Waals surface area contributed by atoms with Crippen LogP contribution < -0.4 is 4.74 Å². The van der Waals surface area contributed by atoms with Gasteiger partial charge in [-0.25, -0.2) is 0 Å². The molecule has 2 aromatic carbocycles. The van der Waals surface area contributed by atoms with Crippen LogP contribution in [-0.4, -0.2) is 20.6 Å². The molecule has 0 radical (unpaired) electrons. The van der Waals surface area contributed by atoms with Crippen LogP contribution in [0.3, 0.4) is 0 Å². The van der Waals surface area contributed by atoms with Gasteiger partial charge < -0.3 is 19.5 Å². The van der Waals surface area contributed by atoms with Crippen molar-refractivity contribution in [3.63, 3.8) is 0 Å². The number of nitrogens with zero attached hydrogens (tertiary/aromatic N) is 1. The number of aryl methyl sites for hydroxylation is 1. The fourth-order valence-electron chi connectivity index (χ4n) is 3.73. The van der Waals surface area contributed by atoms with E-state index >= 15 is 0 Å². The van der Waals surface area contributed by atoms with E-state index < -0.39 is 5.78 Å². The molecule has 6 heteroatoms. The van der Waals surface area contributed by atoms with Crippen molar-refractivity contribution in [1.82, 2.24) is 4.57 Å². The van der Waals surface area contributed by atoms with Crippen LogP contribution in [0.1, 0.15) is 15.9 Å². The van der Waals surface area contributed by atoms with E-state index in [0.29, 0.717) is 0 Å². The van der Waals surface area contributed by atoms with Crippen LogP contribution in [0.5, 0.6) is 17.2 Å². The first-order valence-electron chi connectivity index (χ1n) is 8.65. The topological polar surface area (TPSA) is 71.7 Å². The Hall–Kier alpha value is -3.51. The van der Waals surface area contributed by atoms with E-state index in [4.69, 9.17) is 4.74 Å². The fraction of sp³-hybridized carbons (Fsp3) is 0.0455. The number of carbonyl (C=O) groups excluding carboxylic acids is 1. The molecule has 5 rings (SSSR count). The van der Waals surface area contributed by atoms with E-state index in [-0.39, 0.29) is 28.6 Å². The van der Waals surface area contributed by atoms with Crippen molar-refractivity contribution >= 4 is 34.1 Å². The van der Waals surface area contributed by atoms with Crippen molar-refractivity contribution in [2.45, 2.75) is 0 Å². The van der Waals surface area contributed by atoms with Gasteiger partial charge in [0.25, 0.3) is 0 Å². The number of phenolic OH excluding ortho intramolecular Hbond substituents is 2. The van der Waals surface area contributed by atoms with Gasteiger partial charge in [-0.15, -0.1) is 0 Å². The summed E-state index contributed by atoms with van der Waals surface area (Å²) in [5.41, 5.74) is 4.02. The number of hydrogen-bond donors (Lipinski definition) is 2. The minimum absolute atomic E-state index is 0.0707. The third-order valence-electron chi connectivity index (χ3n) is 4.95. The zero-order chi connectivity index (χ0) is 19.4. The number of ether oxygens (including phenoxy) is 1. The maximum absolute atomic E-state index is 12.8. The zero-order valence-corrected chi connectivity index (χ0v) is 15.7. The largest absolute Gasteiger partial charge is 0.508 e. The van der Waals surface area contributed by atoms with Crippen LogP contribution in [0.25, 0.3) is 28.2 Å². The summed E-state index contributed by atoms with van der Waals surface area (Å²) in [5.74, 6) is -0.583. The highest BCUT2D eigenvalue weighted by molar-refractivity contribution is 7.08. The third kappa shape index (κ3) is 2.35. The van der Waals surface area contributed by atoms with Crippen molar-refractivity contribution < 1.29 is 19.7 Å². The normalized spacial score (nSPS) is 14.6. The second-order valence-electron chi connectivity index (χ2n) is 6.63. The highest BCUT2D eigenvalue weighted by Gasteiger charge is 2.32. The highest BCUT2D eigenvalue weighted by atomic mass is 32.1. The van der Waals surface area contributed by atoms with E-state index in [1.54, 1.807) is 17.4 Å². The molecule has 1 aliphatic heterocycles. The predicted octanol–water partition coefficient (Wildman–Crippen LogP) is 4.93. The summed E-state index contributed by atoms with van der Waals surface area (Å²) in [6.45, 7) is 0. The summed E-state index contributed by atoms with van der Waals surface area (Å²) in [6.07, 6.45) is 1.72. The van der Waals surface area contributed by atoms with Gasteiger partial charge in [0, 0.05) is 46.6 Å². The van der Waals surface area contributed by atoms with Gasteiger partial charge in [-0.1, -0.05) is 18.2 Å². The Kier molecular flexibility index (Phi) is 3.57. The summed E-state index contributed by atoms with van der Waals surface area (Å²) >= 11 is 1.61. The van der Waals surface area contributed by atoms with E-state index in [1.807, 2.05) is 42.8 Å². The number of Topliss-reactive ketones (excluding diaryl/α,β-unsaturated/α-hetero) is 1. The number of aromatic hydroxyl groups is 2. The monoisotopic (exact) mass is 389 g/mol. The highest BCUT2D eigenvalue weighted by Crippen LogP contribution is 2.42. The molecule has 3 heterocycles. The molecule has 0 saturated carbocycles. The van der Waals surface area contributed by atoms with Crippen molar-refractivity contribution in [2.75, 3.05) is 0 Å². The van der Waals surface area contributed by atoms with E-state index in [1.165, 1.54) is 6.07 Å². The number of thiophene rings is 1. The lowest BCUT2D eigenvalue weighted by molar-refractivity contribution is 0.101. The van der Waals surface area contributed by atoms with Gasteiger partial charge in [0.2, 0.25) is 5.78 Å². The second kappa shape index (κ2) is 6.00. The molecule has 0 aliphatic carbocycles. The van der Waals surface area contributed by atoms with Gasteiger partial charge in [0.1, 0.15) is 22.8 Å². The number of aromatic nitrogens is 1. The maximum atomic E-state index is 12.8. The lowest BCUT2D eigenvalue weighted by Gasteiger charge is -2.04. The third-order valence-corrected chi connectivity index (χ3v) is 5.64. The quantitative estimate of drug-likeness (QED) is 0.477. The maximum Gasteiger partial charge on any atom is 0.235 e. The lowest BCUT2D eigenvalue weighted by atomic mass is 10.0. The number of para-hydroxylation sites is 1. The smallest absolute Gasteiger partial charge is 0.235 e. The predicted molar refractivity (Wildman–Crippen MR) is 109 cm³/mol. The standard InChI is InChI=1S/C22H15NO4S/c1-23-16-5-3-2-4-14(16)15(21(23)12-6-7-28-11-12)10-19-22(26)20-17(25)8-13(24)9-18(20)27-19/h2-11,24-25H,1H3/b19-10-. The molecule has 2 aromatic heterocycles. The van der Waals surface area contributed by atoms with Crippen LogP contribution in [0.2, 0.25) is 0 Å². The van der Waals surface area contributed by atoms with Gasteiger partial charge >= 0.3 is 0 Å². The minimum atomic E-state index is -0.406. The molecule has 0 bridgehead atoms. The number of allylic oxidation sites excluding steroid dienone is 1. The van der Waals surface area contributed by atoms with Gasteiger partial charge in [-0.2, -0.15) is 11.3 Å². The average Bonchev–Trinajstić information content (AvgIpc) is 3.35. The molecule has 0 atom stereocenters. The van der Waals surface area contributed by atoms with Gasteiger partial charge in [0.15, 0.2) is 5.76 Å². The molecule has 28 heavy (non-hydrogen) atoms. The molecular weight excluding hydrogens is 374 g/mol. The Labute approximate surface area is 164 Å². The van der Waals surface area contributed by atoms with Gasteiger partial charge in [-0.05, 0) is 23.6 Å². The van der Waals surface area contributed by atoms with E-state index in [0.717, 1.165) is 33.8 Å². The van der Waals surface area contributed by atoms with Gasteiger partial charge in [0.05, 0.1) is 5.69 Å². The fourth-order valence-corrected chi connectivity index (χ4v) is 4.37. The van der Waals surface area contributed by atoms with Crippen LogP contribution in [0, 0.1) is 0 Å². The van der Waals surface area contributed by atoms with Crippen molar-refractivity contribution in [3.05, 3.63) is 70.1 Å². The average molecular weight is 389 g/mol. The Bertz CT molecular complexity index is 1280. The number of phenols is 2. The van der Waals surface area contributed by atoms with Crippen LogP contribution in [0.4, 0.5) is 0 Å². The summed E-state index contributed by atoms with van der Waals surface area (Å²) in [6, 6.07) is 12.5. The van der Waals surface area contributed by atoms with Crippen LogP contribution in [-0.2, 0) is 7.05 Å². The van der Waals surface area contributed by atoms with Gasteiger partial charge in [-0.3, -0.25) is 4.79 Å². The second-order valence-corrected chi connectivity index (χ2v) is 7.41. The molecule has 0 saturated heterocycles. The number of ketones is 1. The molecule has 1 aliphatic rings. The molecule has 0 fully saturated rings. The number of fused-ring (bicyclic) bond motifs is 2. The molecule has 138 valence electrons. The Balaban J connectivity index is 1.74. The SMILES string of the molecule is Cn1c(-c2ccsc2)c(/C=C2\Oc3cc(O)cc(O)c3C2=O)c2ccccc21. The van der Waals surface area contributed by atoms with Crippen LogP contribution in [0.15, 0.2) is 59.0 Å². The Morgan fingerprint density at radius 2 is 1.96 bits per heavy atom. The van der Waals surface area contributed by atoms with E-state index in [9.17, 15) is 15.0 Å². The number of rotatable bonds is 2. The number of benzene rings is 2. The van der Waals surface area contributed by atoms with Crippen molar-refractivity contribution in [1.29, 1.82) is 0 Å².